The minimum Gasteiger partial charge on any atom is -0.396 e. The quantitative estimate of drug-likeness (QED) is 0.516. The molecule has 5 nitrogen and oxygen atoms in total. The molecule has 0 unspecified atom stereocenters. The van der Waals surface area contributed by atoms with Crippen LogP contribution in [0, 0.1) is 5.92 Å². The highest BCUT2D eigenvalue weighted by atomic mass is 35.5. The van der Waals surface area contributed by atoms with Crippen LogP contribution in [0.5, 0.6) is 0 Å². The van der Waals surface area contributed by atoms with Gasteiger partial charge in [0.2, 0.25) is 0 Å². The van der Waals surface area contributed by atoms with Crippen LogP contribution in [0.3, 0.4) is 0 Å². The van der Waals surface area contributed by atoms with Crippen LogP contribution in [-0.2, 0) is 12.7 Å². The van der Waals surface area contributed by atoms with Crippen LogP contribution in [0.25, 0.3) is 0 Å². The van der Waals surface area contributed by atoms with Gasteiger partial charge in [-0.2, -0.15) is 0 Å². The molecule has 0 radical (unpaired) electrons. The maximum absolute atomic E-state index is 10.7. The van der Waals surface area contributed by atoms with Crippen molar-refractivity contribution in [1.29, 1.82) is 0 Å². The van der Waals surface area contributed by atoms with Crippen molar-refractivity contribution in [2.24, 2.45) is 5.92 Å². The maximum Gasteiger partial charge on any atom is 0.107 e. The highest BCUT2D eigenvalue weighted by molar-refractivity contribution is 6.31. The lowest BCUT2D eigenvalue weighted by molar-refractivity contribution is -0.169. The van der Waals surface area contributed by atoms with E-state index < -0.39 is 55.6 Å². The molecule has 0 bridgehead atoms. The molecule has 6 atom stereocenters. The predicted molar refractivity (Wildman–Crippen MR) is 107 cm³/mol. The molecular formula is C22H27ClO5. The van der Waals surface area contributed by atoms with Gasteiger partial charge >= 0.3 is 0 Å². The lowest BCUT2D eigenvalue weighted by atomic mass is 9.70. The van der Waals surface area contributed by atoms with Crippen molar-refractivity contribution in [3.8, 4) is 0 Å². The van der Waals surface area contributed by atoms with Crippen LogP contribution in [0.15, 0.2) is 42.5 Å². The van der Waals surface area contributed by atoms with Crippen molar-refractivity contribution in [2.75, 3.05) is 6.61 Å². The Morgan fingerprint density at radius 3 is 2.14 bits per heavy atom. The van der Waals surface area contributed by atoms with Crippen LogP contribution in [0.1, 0.15) is 40.6 Å². The third kappa shape index (κ3) is 4.10. The van der Waals surface area contributed by atoms with Crippen molar-refractivity contribution < 1.29 is 31.0 Å². The second-order valence-electron chi connectivity index (χ2n) is 7.03. The van der Waals surface area contributed by atoms with Crippen molar-refractivity contribution in [3.05, 3.63) is 69.7 Å². The average molecular weight is 411 g/mol. The summed E-state index contributed by atoms with van der Waals surface area (Å²) in [6.45, 7) is 0.796. The fourth-order valence-corrected chi connectivity index (χ4v) is 3.83. The van der Waals surface area contributed by atoms with Crippen molar-refractivity contribution in [1.82, 2.24) is 0 Å². The zero-order chi connectivity index (χ0) is 24.0. The largest absolute Gasteiger partial charge is 0.396 e. The summed E-state index contributed by atoms with van der Waals surface area (Å²) < 4.78 is 32.9. The Bertz CT molecular complexity index is 950. The Morgan fingerprint density at radius 2 is 1.54 bits per heavy atom. The highest BCUT2D eigenvalue weighted by Gasteiger charge is 2.48. The molecular weight excluding hydrogens is 380 g/mol. The van der Waals surface area contributed by atoms with Gasteiger partial charge in [-0.3, -0.25) is 0 Å². The number of aliphatic hydroxyl groups excluding tert-OH is 5. The number of rotatable bonds is 5. The molecule has 2 aromatic carbocycles. The number of benzene rings is 2. The van der Waals surface area contributed by atoms with E-state index in [-0.39, 0.29) is 16.1 Å². The molecule has 0 aromatic heterocycles. The Labute approximate surface area is 175 Å². The van der Waals surface area contributed by atoms with E-state index in [4.69, 9.17) is 17.1 Å². The zero-order valence-electron chi connectivity index (χ0n) is 19.3. The number of hydrogen-bond donors (Lipinski definition) is 5. The number of halogens is 1. The van der Waals surface area contributed by atoms with Gasteiger partial charge in [0.05, 0.1) is 24.9 Å². The van der Waals surface area contributed by atoms with E-state index >= 15 is 0 Å². The van der Waals surface area contributed by atoms with E-state index in [1.807, 2.05) is 0 Å². The summed E-state index contributed by atoms with van der Waals surface area (Å²) in [5, 5.41) is 51.1. The molecule has 1 aliphatic rings. The van der Waals surface area contributed by atoms with Gasteiger partial charge in [-0.05, 0) is 41.1 Å². The Morgan fingerprint density at radius 1 is 0.893 bits per heavy atom. The molecule has 0 amide bonds. The molecule has 3 rings (SSSR count). The first-order chi connectivity index (χ1) is 14.8. The van der Waals surface area contributed by atoms with Crippen molar-refractivity contribution in [2.45, 2.75) is 50.0 Å². The average Bonchev–Trinajstić information content (AvgIpc) is 2.73. The molecule has 0 aliphatic heterocycles. The Balaban J connectivity index is 2.03. The smallest absolute Gasteiger partial charge is 0.107 e. The van der Waals surface area contributed by atoms with Gasteiger partial charge in [0.15, 0.2) is 0 Å². The number of hydrogen-bond acceptors (Lipinski definition) is 5. The highest BCUT2D eigenvalue weighted by Crippen LogP contribution is 2.38. The number of aryl methyl sites for hydroxylation is 1. The van der Waals surface area contributed by atoms with E-state index in [1.165, 1.54) is 49.4 Å². The van der Waals surface area contributed by atoms with Crippen LogP contribution in [0.2, 0.25) is 5.02 Å². The first kappa shape index (κ1) is 16.3. The molecule has 0 saturated heterocycles. The van der Waals surface area contributed by atoms with Gasteiger partial charge in [-0.25, -0.2) is 0 Å². The first-order valence-electron chi connectivity index (χ1n) is 11.0. The fraction of sp³-hybridized carbons (Fsp3) is 0.455. The summed E-state index contributed by atoms with van der Waals surface area (Å²) in [6, 6.07) is 10.3. The third-order valence-corrected chi connectivity index (χ3v) is 5.68. The first-order valence-corrected chi connectivity index (χ1v) is 9.42. The van der Waals surface area contributed by atoms with E-state index in [0.717, 1.165) is 0 Å². The molecule has 1 fully saturated rings. The van der Waals surface area contributed by atoms with Gasteiger partial charge < -0.3 is 25.5 Å². The van der Waals surface area contributed by atoms with E-state index in [0.29, 0.717) is 11.1 Å². The topological polar surface area (TPSA) is 101 Å². The molecule has 6 heteroatoms. The van der Waals surface area contributed by atoms with Crippen molar-refractivity contribution in [3.63, 3.8) is 0 Å². The molecule has 1 saturated carbocycles. The second kappa shape index (κ2) is 8.91. The molecule has 1 aliphatic carbocycles. The molecule has 5 N–H and O–H groups in total. The number of aliphatic hydroxyl groups is 5. The summed E-state index contributed by atoms with van der Waals surface area (Å²) in [5.74, 6) is -2.18. The molecule has 2 aromatic rings. The van der Waals surface area contributed by atoms with Gasteiger partial charge in [0.1, 0.15) is 6.10 Å². The minimum absolute atomic E-state index is 0.0597. The van der Waals surface area contributed by atoms with Gasteiger partial charge in [-0.1, -0.05) is 54.9 Å². The van der Waals surface area contributed by atoms with Crippen LogP contribution in [-0.4, -0.2) is 56.6 Å². The summed E-state index contributed by atoms with van der Waals surface area (Å²) >= 11 is 6.30. The Hall–Kier alpha value is -1.47. The minimum atomic E-state index is -2.09. The molecule has 0 heterocycles. The standard InChI is InChI=1S/C22H27ClO5/c1-2-12-3-5-13(6-4-12)9-15-10-14(7-8-17(15)23)18-19(25)16(11-24)20(26)22(28)21(18)27/h3-8,10,16,18-22,24-28H,2,9,11H2,1H3/t16-,18+,19-,20+,21-,22-/m0/s1/i2D2,9D2. The normalized spacial score (nSPS) is 33.5. The summed E-state index contributed by atoms with van der Waals surface area (Å²) in [5.41, 5.74) is 0.981. The van der Waals surface area contributed by atoms with Crippen molar-refractivity contribution >= 4 is 11.6 Å². The molecule has 28 heavy (non-hydrogen) atoms. The third-order valence-electron chi connectivity index (χ3n) is 5.35. The molecule has 0 spiro atoms. The predicted octanol–water partition coefficient (Wildman–Crippen LogP) is 1.64. The van der Waals surface area contributed by atoms with Gasteiger partial charge in [0, 0.05) is 22.3 Å². The maximum atomic E-state index is 10.7. The zero-order valence-corrected chi connectivity index (χ0v) is 16.1. The summed E-state index contributed by atoms with van der Waals surface area (Å²) in [6.07, 6.45) is -9.73. The molecule has 152 valence electrons. The second-order valence-corrected chi connectivity index (χ2v) is 7.43. The van der Waals surface area contributed by atoms with E-state index in [2.05, 4.69) is 0 Å². The van der Waals surface area contributed by atoms with Crippen LogP contribution in [0.4, 0.5) is 0 Å². The SMILES string of the molecule is [2H]C([2H])(C)c1ccc(C([2H])([2H])c2cc([C@H]3[C@H](O)[C@@H](O)[C@H](O)[C@@H](CO)[C@@H]3O)ccc2Cl)cc1. The Kier molecular flexibility index (Phi) is 5.20. The fourth-order valence-electron chi connectivity index (χ4n) is 3.67. The van der Waals surface area contributed by atoms with E-state index in [1.54, 1.807) is 0 Å². The monoisotopic (exact) mass is 410 g/mol. The van der Waals surface area contributed by atoms with Crippen LogP contribution >= 0.6 is 11.6 Å². The lowest BCUT2D eigenvalue weighted by Gasteiger charge is -2.43. The van der Waals surface area contributed by atoms with Crippen LogP contribution < -0.4 is 0 Å². The van der Waals surface area contributed by atoms with Gasteiger partial charge in [0.25, 0.3) is 0 Å². The summed E-state index contributed by atoms with van der Waals surface area (Å²) in [7, 11) is 0. The lowest BCUT2D eigenvalue weighted by Crippen LogP contribution is -2.58. The van der Waals surface area contributed by atoms with E-state index in [9.17, 15) is 25.5 Å². The van der Waals surface area contributed by atoms with Gasteiger partial charge in [-0.15, -0.1) is 0 Å². The summed E-state index contributed by atoms with van der Waals surface area (Å²) in [4.78, 5) is 0.